The SMILES string of the molecule is O=C(NC(c1ccccc1)c1ccccn1)c1cc(C(F)(F)F)cc(C(F)(F)F)c1. The Bertz CT molecular complexity index is 945. The molecule has 0 saturated heterocycles. The van der Waals surface area contributed by atoms with E-state index >= 15 is 0 Å². The number of aromatic nitrogens is 1. The third-order valence-electron chi connectivity index (χ3n) is 4.24. The second-order valence-corrected chi connectivity index (χ2v) is 6.37. The van der Waals surface area contributed by atoms with E-state index in [9.17, 15) is 31.1 Å². The summed E-state index contributed by atoms with van der Waals surface area (Å²) in [6, 6.07) is 13.2. The zero-order chi connectivity index (χ0) is 21.9. The average Bonchev–Trinajstić information content (AvgIpc) is 2.71. The van der Waals surface area contributed by atoms with Crippen molar-refractivity contribution in [3.8, 4) is 0 Å². The molecular weight excluding hydrogens is 410 g/mol. The number of nitrogens with zero attached hydrogens (tertiary/aromatic N) is 1. The summed E-state index contributed by atoms with van der Waals surface area (Å²) in [5.74, 6) is -1.09. The van der Waals surface area contributed by atoms with Gasteiger partial charge in [-0.3, -0.25) is 9.78 Å². The Morgan fingerprint density at radius 2 is 1.37 bits per heavy atom. The van der Waals surface area contributed by atoms with Gasteiger partial charge in [-0.05, 0) is 35.9 Å². The monoisotopic (exact) mass is 424 g/mol. The number of rotatable bonds is 4. The number of carbonyl (C=O) groups is 1. The van der Waals surface area contributed by atoms with Crippen molar-refractivity contribution in [3.05, 3.63) is 101 Å². The summed E-state index contributed by atoms with van der Waals surface area (Å²) in [5.41, 5.74) is -2.94. The van der Waals surface area contributed by atoms with Gasteiger partial charge in [0.05, 0.1) is 22.9 Å². The lowest BCUT2D eigenvalue weighted by molar-refractivity contribution is -0.143. The third-order valence-corrected chi connectivity index (χ3v) is 4.24. The molecule has 9 heteroatoms. The van der Waals surface area contributed by atoms with Gasteiger partial charge in [0.15, 0.2) is 0 Å². The number of pyridine rings is 1. The van der Waals surface area contributed by atoms with Crippen molar-refractivity contribution >= 4 is 5.91 Å². The molecule has 1 N–H and O–H groups in total. The third kappa shape index (κ3) is 4.97. The second-order valence-electron chi connectivity index (χ2n) is 6.37. The Morgan fingerprint density at radius 3 is 1.87 bits per heavy atom. The van der Waals surface area contributed by atoms with Gasteiger partial charge in [-0.2, -0.15) is 26.3 Å². The van der Waals surface area contributed by atoms with Crippen LogP contribution in [-0.4, -0.2) is 10.9 Å². The molecule has 3 rings (SSSR count). The zero-order valence-electron chi connectivity index (χ0n) is 15.1. The van der Waals surface area contributed by atoms with Crippen LogP contribution in [-0.2, 0) is 12.4 Å². The predicted molar refractivity (Wildman–Crippen MR) is 96.4 cm³/mol. The maximum absolute atomic E-state index is 13.1. The first-order valence-corrected chi connectivity index (χ1v) is 8.62. The van der Waals surface area contributed by atoms with E-state index < -0.39 is 41.0 Å². The molecule has 0 radical (unpaired) electrons. The summed E-state index contributed by atoms with van der Waals surface area (Å²) in [6.45, 7) is 0. The Hall–Kier alpha value is -3.36. The van der Waals surface area contributed by atoms with Crippen molar-refractivity contribution in [1.82, 2.24) is 10.3 Å². The number of halogens is 6. The van der Waals surface area contributed by atoms with Gasteiger partial charge in [0.25, 0.3) is 5.91 Å². The predicted octanol–water partition coefficient (Wildman–Crippen LogP) is 5.64. The van der Waals surface area contributed by atoms with Gasteiger partial charge >= 0.3 is 12.4 Å². The molecule has 0 spiro atoms. The topological polar surface area (TPSA) is 42.0 Å². The van der Waals surface area contributed by atoms with Gasteiger partial charge in [-0.25, -0.2) is 0 Å². The first kappa shape index (κ1) is 21.4. The molecule has 0 aliphatic carbocycles. The molecule has 0 fully saturated rings. The fourth-order valence-corrected chi connectivity index (χ4v) is 2.82. The van der Waals surface area contributed by atoms with Crippen LogP contribution >= 0.6 is 0 Å². The molecule has 0 bridgehead atoms. The molecule has 1 aromatic heterocycles. The number of hydrogen-bond donors (Lipinski definition) is 1. The minimum Gasteiger partial charge on any atom is -0.340 e. The number of amides is 1. The first-order chi connectivity index (χ1) is 14.1. The molecule has 0 saturated carbocycles. The van der Waals surface area contributed by atoms with Crippen molar-refractivity contribution in [2.24, 2.45) is 0 Å². The molecule has 1 unspecified atom stereocenters. The average molecular weight is 424 g/mol. The van der Waals surface area contributed by atoms with Crippen LogP contribution in [0.15, 0.2) is 72.9 Å². The van der Waals surface area contributed by atoms with E-state index in [-0.39, 0.29) is 6.07 Å². The minimum absolute atomic E-state index is 0.0236. The Morgan fingerprint density at radius 1 is 0.800 bits per heavy atom. The van der Waals surface area contributed by atoms with Crippen LogP contribution in [0.4, 0.5) is 26.3 Å². The summed E-state index contributed by atoms with van der Waals surface area (Å²) in [4.78, 5) is 16.8. The Labute approximate surface area is 167 Å². The van der Waals surface area contributed by atoms with Gasteiger partial charge in [0, 0.05) is 11.8 Å². The highest BCUT2D eigenvalue weighted by Crippen LogP contribution is 2.36. The van der Waals surface area contributed by atoms with Crippen molar-refractivity contribution < 1.29 is 31.1 Å². The van der Waals surface area contributed by atoms with E-state index in [4.69, 9.17) is 0 Å². The zero-order valence-corrected chi connectivity index (χ0v) is 15.1. The quantitative estimate of drug-likeness (QED) is 0.551. The van der Waals surface area contributed by atoms with Crippen molar-refractivity contribution in [3.63, 3.8) is 0 Å². The highest BCUT2D eigenvalue weighted by Gasteiger charge is 2.37. The molecule has 0 aliphatic rings. The van der Waals surface area contributed by atoms with E-state index in [1.807, 2.05) is 0 Å². The molecule has 1 amide bonds. The van der Waals surface area contributed by atoms with E-state index in [1.54, 1.807) is 48.5 Å². The van der Waals surface area contributed by atoms with Crippen LogP contribution < -0.4 is 5.32 Å². The first-order valence-electron chi connectivity index (χ1n) is 8.62. The van der Waals surface area contributed by atoms with E-state index in [2.05, 4.69) is 10.3 Å². The minimum atomic E-state index is -5.05. The van der Waals surface area contributed by atoms with E-state index in [0.29, 0.717) is 23.4 Å². The van der Waals surface area contributed by atoms with Crippen molar-refractivity contribution in [2.75, 3.05) is 0 Å². The summed E-state index contributed by atoms with van der Waals surface area (Å²) in [5, 5.41) is 2.49. The molecule has 3 aromatic rings. The van der Waals surface area contributed by atoms with Crippen molar-refractivity contribution in [2.45, 2.75) is 18.4 Å². The van der Waals surface area contributed by atoms with Crippen LogP contribution in [0.3, 0.4) is 0 Å². The fourth-order valence-electron chi connectivity index (χ4n) is 2.82. The standard InChI is InChI=1S/C21H14F6N2O/c22-20(23,24)15-10-14(11-16(12-15)21(25,26)27)19(30)29-18(13-6-2-1-3-7-13)17-8-4-5-9-28-17/h1-12,18H,(H,29,30). The number of alkyl halides is 6. The lowest BCUT2D eigenvalue weighted by atomic mass is 10.0. The summed E-state index contributed by atoms with van der Waals surface area (Å²) < 4.78 is 78.5. The van der Waals surface area contributed by atoms with Gasteiger partial charge in [0.1, 0.15) is 0 Å². The molecular formula is C21H14F6N2O. The number of benzene rings is 2. The Balaban J connectivity index is 2.02. The number of hydrogen-bond acceptors (Lipinski definition) is 2. The van der Waals surface area contributed by atoms with Gasteiger partial charge in [-0.15, -0.1) is 0 Å². The molecule has 1 heterocycles. The molecule has 30 heavy (non-hydrogen) atoms. The molecule has 2 aromatic carbocycles. The van der Waals surface area contributed by atoms with Crippen LogP contribution in [0, 0.1) is 0 Å². The highest BCUT2D eigenvalue weighted by molar-refractivity contribution is 5.95. The van der Waals surface area contributed by atoms with E-state index in [0.717, 1.165) is 0 Å². The van der Waals surface area contributed by atoms with Gasteiger partial charge in [0.2, 0.25) is 0 Å². The number of nitrogens with one attached hydrogen (secondary N) is 1. The maximum atomic E-state index is 13.1. The van der Waals surface area contributed by atoms with E-state index in [1.165, 1.54) is 6.20 Å². The lowest BCUT2D eigenvalue weighted by Gasteiger charge is -2.20. The molecule has 1 atom stereocenters. The summed E-state index contributed by atoms with van der Waals surface area (Å²) in [6.07, 6.45) is -8.63. The Kier molecular flexibility index (Phi) is 5.82. The lowest BCUT2D eigenvalue weighted by Crippen LogP contribution is -2.30. The van der Waals surface area contributed by atoms with Crippen molar-refractivity contribution in [1.29, 1.82) is 0 Å². The molecule has 3 nitrogen and oxygen atoms in total. The normalized spacial score (nSPS) is 13.0. The molecule has 0 aliphatic heterocycles. The van der Waals surface area contributed by atoms with Crippen LogP contribution in [0.5, 0.6) is 0 Å². The largest absolute Gasteiger partial charge is 0.416 e. The summed E-state index contributed by atoms with van der Waals surface area (Å²) >= 11 is 0. The van der Waals surface area contributed by atoms with Crippen LogP contribution in [0.1, 0.15) is 38.8 Å². The maximum Gasteiger partial charge on any atom is 0.416 e. The second kappa shape index (κ2) is 8.17. The summed E-state index contributed by atoms with van der Waals surface area (Å²) in [7, 11) is 0. The number of carbonyl (C=O) groups excluding carboxylic acids is 1. The van der Waals surface area contributed by atoms with Gasteiger partial charge in [-0.1, -0.05) is 36.4 Å². The van der Waals surface area contributed by atoms with Crippen LogP contribution in [0.25, 0.3) is 0 Å². The van der Waals surface area contributed by atoms with Crippen LogP contribution in [0.2, 0.25) is 0 Å². The van der Waals surface area contributed by atoms with Gasteiger partial charge < -0.3 is 5.32 Å². The fraction of sp³-hybridized carbons (Fsp3) is 0.143. The highest BCUT2D eigenvalue weighted by atomic mass is 19.4. The smallest absolute Gasteiger partial charge is 0.340 e. The molecule has 156 valence electrons.